The van der Waals surface area contributed by atoms with Gasteiger partial charge in [-0.2, -0.15) is 0 Å². The Hall–Kier alpha value is -1.75. The van der Waals surface area contributed by atoms with E-state index < -0.39 is 5.91 Å². The van der Waals surface area contributed by atoms with Crippen molar-refractivity contribution in [2.75, 3.05) is 37.3 Å². The van der Waals surface area contributed by atoms with Gasteiger partial charge in [-0.3, -0.25) is 4.79 Å². The number of fused-ring (bicyclic) bond motifs is 1. The summed E-state index contributed by atoms with van der Waals surface area (Å²) >= 11 is 0. The van der Waals surface area contributed by atoms with Gasteiger partial charge in [0.1, 0.15) is 0 Å². The number of hydrogen-bond donors (Lipinski definition) is 2. The zero-order chi connectivity index (χ0) is 15.0. The smallest absolute Gasteiger partial charge is 0.250 e. The van der Waals surface area contributed by atoms with E-state index >= 15 is 0 Å². The van der Waals surface area contributed by atoms with Crippen LogP contribution in [0.4, 0.5) is 11.4 Å². The summed E-state index contributed by atoms with van der Waals surface area (Å²) in [5, 5.41) is 0. The Labute approximate surface area is 125 Å². The predicted octanol–water partition coefficient (Wildman–Crippen LogP) is 1.29. The molecular formula is C16H24N4O. The van der Waals surface area contributed by atoms with Gasteiger partial charge in [0.2, 0.25) is 0 Å². The third kappa shape index (κ3) is 2.58. The Kier molecular flexibility index (Phi) is 3.76. The minimum Gasteiger partial charge on any atom is -0.396 e. The number of amides is 1. The van der Waals surface area contributed by atoms with E-state index in [1.165, 1.54) is 19.4 Å². The average molecular weight is 288 g/mol. The Bertz CT molecular complexity index is 545. The van der Waals surface area contributed by atoms with Crippen LogP contribution in [0.3, 0.4) is 0 Å². The van der Waals surface area contributed by atoms with Gasteiger partial charge >= 0.3 is 0 Å². The molecule has 2 fully saturated rings. The molecule has 2 unspecified atom stereocenters. The third-order valence-corrected chi connectivity index (χ3v) is 5.03. The summed E-state index contributed by atoms with van der Waals surface area (Å²) < 4.78 is 0. The highest BCUT2D eigenvalue weighted by Crippen LogP contribution is 2.34. The SMILES string of the molecule is CN1CCCC2CN(c3cccc(C(N)=O)c3N)CCC21. The minimum absolute atomic E-state index is 0.426. The van der Waals surface area contributed by atoms with Gasteiger partial charge in [0.05, 0.1) is 16.9 Å². The summed E-state index contributed by atoms with van der Waals surface area (Å²) in [5.74, 6) is 0.232. The van der Waals surface area contributed by atoms with Gasteiger partial charge in [0.15, 0.2) is 0 Å². The van der Waals surface area contributed by atoms with E-state index in [1.54, 1.807) is 6.07 Å². The zero-order valence-electron chi connectivity index (χ0n) is 12.6. The van der Waals surface area contributed by atoms with Gasteiger partial charge in [0, 0.05) is 19.1 Å². The molecule has 2 saturated heterocycles. The lowest BCUT2D eigenvalue weighted by atomic mass is 9.84. The molecule has 0 spiro atoms. The van der Waals surface area contributed by atoms with Gasteiger partial charge in [-0.15, -0.1) is 0 Å². The summed E-state index contributed by atoms with van der Waals surface area (Å²) in [6, 6.07) is 6.25. The first-order valence-electron chi connectivity index (χ1n) is 7.71. The van der Waals surface area contributed by atoms with Crippen molar-refractivity contribution < 1.29 is 4.79 Å². The number of anilines is 2. The largest absolute Gasteiger partial charge is 0.396 e. The number of benzene rings is 1. The molecule has 5 nitrogen and oxygen atoms in total. The van der Waals surface area contributed by atoms with Crippen LogP contribution in [0.1, 0.15) is 29.6 Å². The van der Waals surface area contributed by atoms with Gasteiger partial charge in [-0.25, -0.2) is 0 Å². The zero-order valence-corrected chi connectivity index (χ0v) is 12.6. The number of para-hydroxylation sites is 1. The molecule has 0 saturated carbocycles. The third-order valence-electron chi connectivity index (χ3n) is 5.03. The van der Waals surface area contributed by atoms with Crippen molar-refractivity contribution in [3.05, 3.63) is 23.8 Å². The number of primary amides is 1. The van der Waals surface area contributed by atoms with Crippen LogP contribution in [0.25, 0.3) is 0 Å². The normalized spacial score (nSPS) is 26.4. The van der Waals surface area contributed by atoms with Crippen LogP contribution in [0.15, 0.2) is 18.2 Å². The Morgan fingerprint density at radius 3 is 2.86 bits per heavy atom. The van der Waals surface area contributed by atoms with E-state index in [-0.39, 0.29) is 0 Å². The van der Waals surface area contributed by atoms with Crippen molar-refractivity contribution >= 4 is 17.3 Å². The first-order chi connectivity index (χ1) is 10.1. The van der Waals surface area contributed by atoms with E-state index in [0.717, 1.165) is 25.2 Å². The average Bonchev–Trinajstić information content (AvgIpc) is 2.47. The topological polar surface area (TPSA) is 75.6 Å². The van der Waals surface area contributed by atoms with Crippen molar-refractivity contribution in [1.82, 2.24) is 4.90 Å². The van der Waals surface area contributed by atoms with E-state index in [0.29, 0.717) is 23.2 Å². The van der Waals surface area contributed by atoms with Gasteiger partial charge in [-0.05, 0) is 50.9 Å². The predicted molar refractivity (Wildman–Crippen MR) is 85.3 cm³/mol. The van der Waals surface area contributed by atoms with Crippen LogP contribution in [0.5, 0.6) is 0 Å². The summed E-state index contributed by atoms with van der Waals surface area (Å²) in [6.07, 6.45) is 3.70. The lowest BCUT2D eigenvalue weighted by Gasteiger charge is -2.46. The highest BCUT2D eigenvalue weighted by molar-refractivity contribution is 6.00. The molecule has 1 amide bonds. The highest BCUT2D eigenvalue weighted by atomic mass is 16.1. The van der Waals surface area contributed by atoms with Crippen LogP contribution in [0, 0.1) is 5.92 Å². The molecule has 2 atom stereocenters. The maximum atomic E-state index is 11.4. The quantitative estimate of drug-likeness (QED) is 0.804. The monoisotopic (exact) mass is 288 g/mol. The lowest BCUT2D eigenvalue weighted by Crippen LogP contribution is -2.52. The van der Waals surface area contributed by atoms with Crippen molar-refractivity contribution in [2.45, 2.75) is 25.3 Å². The first-order valence-corrected chi connectivity index (χ1v) is 7.71. The summed E-state index contributed by atoms with van der Waals surface area (Å²) in [4.78, 5) is 16.3. The molecule has 4 N–H and O–H groups in total. The number of carbonyl (C=O) groups excluding carboxylic acids is 1. The number of piperidine rings is 2. The molecule has 2 heterocycles. The fourth-order valence-corrected chi connectivity index (χ4v) is 3.91. The molecule has 3 rings (SSSR count). The highest BCUT2D eigenvalue weighted by Gasteiger charge is 2.34. The first kappa shape index (κ1) is 14.2. The second-order valence-electron chi connectivity index (χ2n) is 6.29. The van der Waals surface area contributed by atoms with Crippen LogP contribution in [0.2, 0.25) is 0 Å². The van der Waals surface area contributed by atoms with Crippen molar-refractivity contribution in [2.24, 2.45) is 11.7 Å². The fraction of sp³-hybridized carbons (Fsp3) is 0.562. The molecule has 0 bridgehead atoms. The fourth-order valence-electron chi connectivity index (χ4n) is 3.91. The molecule has 0 aliphatic carbocycles. The second-order valence-corrected chi connectivity index (χ2v) is 6.29. The number of carbonyl (C=O) groups is 1. The molecule has 1 aromatic rings. The van der Waals surface area contributed by atoms with Crippen molar-refractivity contribution in [3.63, 3.8) is 0 Å². The number of nitrogens with two attached hydrogens (primary N) is 2. The van der Waals surface area contributed by atoms with Crippen molar-refractivity contribution in [1.29, 1.82) is 0 Å². The van der Waals surface area contributed by atoms with Gasteiger partial charge in [-0.1, -0.05) is 6.07 Å². The number of nitrogen functional groups attached to an aromatic ring is 1. The molecule has 0 aromatic heterocycles. The molecule has 0 radical (unpaired) electrons. The standard InChI is InChI=1S/C16H24N4O/c1-19-8-3-4-11-10-20(9-7-13(11)19)14-6-2-5-12(15(14)17)16(18)21/h2,5-6,11,13H,3-4,7-10,17H2,1H3,(H2,18,21). The summed E-state index contributed by atoms with van der Waals surface area (Å²) in [5.41, 5.74) is 13.5. The molecule has 5 heteroatoms. The van der Waals surface area contributed by atoms with Crippen molar-refractivity contribution in [3.8, 4) is 0 Å². The van der Waals surface area contributed by atoms with E-state index in [9.17, 15) is 4.79 Å². The summed E-state index contributed by atoms with van der Waals surface area (Å²) in [6.45, 7) is 3.21. The van der Waals surface area contributed by atoms with Crippen LogP contribution >= 0.6 is 0 Å². The van der Waals surface area contributed by atoms with Crippen LogP contribution in [-0.4, -0.2) is 43.5 Å². The molecule has 2 aliphatic rings. The molecule has 2 aliphatic heterocycles. The maximum Gasteiger partial charge on any atom is 0.250 e. The Morgan fingerprint density at radius 1 is 1.29 bits per heavy atom. The number of likely N-dealkylation sites (tertiary alicyclic amines) is 1. The second kappa shape index (κ2) is 5.56. The Balaban J connectivity index is 1.83. The van der Waals surface area contributed by atoms with E-state index in [2.05, 4.69) is 16.8 Å². The molecular weight excluding hydrogens is 264 g/mol. The molecule has 21 heavy (non-hydrogen) atoms. The number of rotatable bonds is 2. The lowest BCUT2D eigenvalue weighted by molar-refractivity contribution is 0.100. The van der Waals surface area contributed by atoms with Crippen LogP contribution in [-0.2, 0) is 0 Å². The van der Waals surface area contributed by atoms with Gasteiger partial charge < -0.3 is 21.3 Å². The van der Waals surface area contributed by atoms with E-state index in [1.807, 2.05) is 12.1 Å². The molecule has 1 aromatic carbocycles. The van der Waals surface area contributed by atoms with Gasteiger partial charge in [0.25, 0.3) is 5.91 Å². The molecule has 114 valence electrons. The Morgan fingerprint density at radius 2 is 2.10 bits per heavy atom. The maximum absolute atomic E-state index is 11.4. The summed E-state index contributed by atoms with van der Waals surface area (Å²) in [7, 11) is 2.23. The van der Waals surface area contributed by atoms with E-state index in [4.69, 9.17) is 11.5 Å². The minimum atomic E-state index is -0.457. The number of hydrogen-bond acceptors (Lipinski definition) is 4. The number of nitrogens with zero attached hydrogens (tertiary/aromatic N) is 2. The van der Waals surface area contributed by atoms with Crippen LogP contribution < -0.4 is 16.4 Å².